The van der Waals surface area contributed by atoms with Crippen molar-refractivity contribution < 1.29 is 4.74 Å². The molecule has 3 nitrogen and oxygen atoms in total. The summed E-state index contributed by atoms with van der Waals surface area (Å²) in [5.74, 6) is 1.85. The molecule has 0 atom stereocenters. The van der Waals surface area contributed by atoms with E-state index in [1.165, 1.54) is 43.6 Å². The topological polar surface area (TPSA) is 24.5 Å². The van der Waals surface area contributed by atoms with Crippen molar-refractivity contribution in [1.29, 1.82) is 0 Å². The first-order valence-electron chi connectivity index (χ1n) is 8.17. The van der Waals surface area contributed by atoms with Crippen LogP contribution in [-0.4, -0.2) is 37.7 Å². The third kappa shape index (κ3) is 5.01. The Hall–Kier alpha value is -1.06. The van der Waals surface area contributed by atoms with Crippen molar-refractivity contribution in [3.05, 3.63) is 29.3 Å². The Morgan fingerprint density at radius 3 is 2.62 bits per heavy atom. The van der Waals surface area contributed by atoms with E-state index in [9.17, 15) is 0 Å². The molecule has 1 aliphatic heterocycles. The zero-order valence-electron chi connectivity index (χ0n) is 14.0. The van der Waals surface area contributed by atoms with Gasteiger partial charge in [0.15, 0.2) is 0 Å². The van der Waals surface area contributed by atoms with Crippen molar-refractivity contribution in [2.24, 2.45) is 5.92 Å². The molecule has 0 spiro atoms. The van der Waals surface area contributed by atoms with E-state index in [-0.39, 0.29) is 0 Å². The summed E-state index contributed by atoms with van der Waals surface area (Å²) in [6.07, 6.45) is 2.60. The summed E-state index contributed by atoms with van der Waals surface area (Å²) in [5.41, 5.74) is 2.62. The van der Waals surface area contributed by atoms with Gasteiger partial charge in [-0.25, -0.2) is 0 Å². The van der Waals surface area contributed by atoms with Gasteiger partial charge in [-0.05, 0) is 51.4 Å². The summed E-state index contributed by atoms with van der Waals surface area (Å²) < 4.78 is 5.49. The molecule has 1 aromatic rings. The van der Waals surface area contributed by atoms with Crippen LogP contribution < -0.4 is 10.1 Å². The number of hydrogen-bond donors (Lipinski definition) is 1. The third-order valence-electron chi connectivity index (χ3n) is 4.35. The van der Waals surface area contributed by atoms with Crippen LogP contribution in [0.5, 0.6) is 5.75 Å². The third-order valence-corrected chi connectivity index (χ3v) is 4.35. The minimum absolute atomic E-state index is 0.597. The molecule has 0 saturated carbocycles. The Morgan fingerprint density at radius 1 is 1.29 bits per heavy atom. The highest BCUT2D eigenvalue weighted by molar-refractivity contribution is 5.36. The number of nitrogens with zero attached hydrogens (tertiary/aromatic N) is 1. The van der Waals surface area contributed by atoms with Gasteiger partial charge < -0.3 is 10.1 Å². The van der Waals surface area contributed by atoms with Gasteiger partial charge in [-0.3, -0.25) is 4.90 Å². The molecule has 0 radical (unpaired) electrons. The van der Waals surface area contributed by atoms with E-state index in [0.717, 1.165) is 18.2 Å². The van der Waals surface area contributed by atoms with Crippen LogP contribution in [0.4, 0.5) is 0 Å². The summed E-state index contributed by atoms with van der Waals surface area (Å²) in [7, 11) is 1.76. The van der Waals surface area contributed by atoms with Crippen LogP contribution in [0.15, 0.2) is 18.2 Å². The van der Waals surface area contributed by atoms with Gasteiger partial charge in [0.2, 0.25) is 0 Å². The summed E-state index contributed by atoms with van der Waals surface area (Å²) in [4.78, 5) is 2.56. The molecule has 1 aliphatic rings. The molecule has 1 N–H and O–H groups in total. The number of likely N-dealkylation sites (tertiary alicyclic amines) is 1. The van der Waals surface area contributed by atoms with Crippen molar-refractivity contribution in [3.8, 4) is 5.75 Å². The van der Waals surface area contributed by atoms with E-state index in [1.54, 1.807) is 7.11 Å². The Balaban J connectivity index is 1.84. The monoisotopic (exact) mass is 290 g/mol. The van der Waals surface area contributed by atoms with Gasteiger partial charge in [0, 0.05) is 18.2 Å². The molecule has 1 aromatic carbocycles. The number of piperidine rings is 1. The SMILES string of the molecule is COc1ccc(C)cc1CN1CCC(CNC(C)C)CC1. The van der Waals surface area contributed by atoms with Crippen LogP contribution in [0.3, 0.4) is 0 Å². The van der Waals surface area contributed by atoms with Crippen LogP contribution >= 0.6 is 0 Å². The molecule has 2 rings (SSSR count). The zero-order chi connectivity index (χ0) is 15.2. The van der Waals surface area contributed by atoms with Crippen molar-refractivity contribution in [3.63, 3.8) is 0 Å². The molecular weight excluding hydrogens is 260 g/mol. The molecule has 0 aliphatic carbocycles. The first-order chi connectivity index (χ1) is 10.1. The predicted octanol–water partition coefficient (Wildman–Crippen LogP) is 3.21. The first-order valence-corrected chi connectivity index (χ1v) is 8.17. The number of ether oxygens (including phenoxy) is 1. The van der Waals surface area contributed by atoms with Gasteiger partial charge in [-0.2, -0.15) is 0 Å². The van der Waals surface area contributed by atoms with Crippen LogP contribution in [0.2, 0.25) is 0 Å². The fourth-order valence-electron chi connectivity index (χ4n) is 3.02. The Kier molecular flexibility index (Phi) is 6.07. The van der Waals surface area contributed by atoms with Crippen LogP contribution in [0, 0.1) is 12.8 Å². The van der Waals surface area contributed by atoms with Gasteiger partial charge in [-0.15, -0.1) is 0 Å². The highest BCUT2D eigenvalue weighted by atomic mass is 16.5. The molecule has 21 heavy (non-hydrogen) atoms. The van der Waals surface area contributed by atoms with E-state index >= 15 is 0 Å². The Labute approximate surface area is 129 Å². The van der Waals surface area contributed by atoms with Crippen molar-refractivity contribution in [2.45, 2.75) is 46.2 Å². The lowest BCUT2D eigenvalue weighted by molar-refractivity contribution is 0.172. The van der Waals surface area contributed by atoms with Gasteiger partial charge in [0.05, 0.1) is 7.11 Å². The van der Waals surface area contributed by atoms with Gasteiger partial charge in [0.1, 0.15) is 5.75 Å². The van der Waals surface area contributed by atoms with Gasteiger partial charge in [0.25, 0.3) is 0 Å². The fourth-order valence-corrected chi connectivity index (χ4v) is 3.02. The molecule has 0 unspecified atom stereocenters. The second-order valence-corrected chi connectivity index (χ2v) is 6.60. The van der Waals surface area contributed by atoms with Crippen molar-refractivity contribution >= 4 is 0 Å². The lowest BCUT2D eigenvalue weighted by Crippen LogP contribution is -2.38. The fraction of sp³-hybridized carbons (Fsp3) is 0.667. The first kappa shape index (κ1) is 16.3. The Morgan fingerprint density at radius 2 is 2.00 bits per heavy atom. The maximum Gasteiger partial charge on any atom is 0.123 e. The van der Waals surface area contributed by atoms with E-state index < -0.39 is 0 Å². The molecule has 118 valence electrons. The van der Waals surface area contributed by atoms with Crippen molar-refractivity contribution in [2.75, 3.05) is 26.7 Å². The average Bonchev–Trinajstić information content (AvgIpc) is 2.47. The highest BCUT2D eigenvalue weighted by Crippen LogP contribution is 2.24. The number of aryl methyl sites for hydroxylation is 1. The summed E-state index contributed by atoms with van der Waals surface area (Å²) in [6.45, 7) is 11.2. The number of benzene rings is 1. The van der Waals surface area contributed by atoms with Gasteiger partial charge in [-0.1, -0.05) is 31.5 Å². The average molecular weight is 290 g/mol. The summed E-state index contributed by atoms with van der Waals surface area (Å²) in [6, 6.07) is 7.06. The summed E-state index contributed by atoms with van der Waals surface area (Å²) in [5, 5.41) is 3.57. The molecule has 1 heterocycles. The minimum atomic E-state index is 0.597. The second-order valence-electron chi connectivity index (χ2n) is 6.60. The number of methoxy groups -OCH3 is 1. The molecule has 3 heteroatoms. The van der Waals surface area contributed by atoms with E-state index in [4.69, 9.17) is 4.74 Å². The van der Waals surface area contributed by atoms with Crippen LogP contribution in [0.1, 0.15) is 37.8 Å². The highest BCUT2D eigenvalue weighted by Gasteiger charge is 2.20. The number of nitrogens with one attached hydrogen (secondary N) is 1. The van der Waals surface area contributed by atoms with Gasteiger partial charge >= 0.3 is 0 Å². The smallest absolute Gasteiger partial charge is 0.123 e. The zero-order valence-corrected chi connectivity index (χ0v) is 14.0. The predicted molar refractivity (Wildman–Crippen MR) is 88.9 cm³/mol. The maximum atomic E-state index is 5.49. The quantitative estimate of drug-likeness (QED) is 0.870. The number of hydrogen-bond acceptors (Lipinski definition) is 3. The molecule has 1 saturated heterocycles. The van der Waals surface area contributed by atoms with Crippen LogP contribution in [-0.2, 0) is 6.54 Å². The molecular formula is C18H30N2O. The molecule has 0 aromatic heterocycles. The largest absolute Gasteiger partial charge is 0.496 e. The van der Waals surface area contributed by atoms with E-state index in [1.807, 2.05) is 0 Å². The second kappa shape index (κ2) is 7.81. The van der Waals surface area contributed by atoms with E-state index in [2.05, 4.69) is 49.2 Å². The Bertz CT molecular complexity index is 437. The number of rotatable bonds is 6. The lowest BCUT2D eigenvalue weighted by Gasteiger charge is -2.32. The lowest BCUT2D eigenvalue weighted by atomic mass is 9.96. The molecule has 1 fully saturated rings. The van der Waals surface area contributed by atoms with Crippen molar-refractivity contribution in [1.82, 2.24) is 10.2 Å². The summed E-state index contributed by atoms with van der Waals surface area (Å²) >= 11 is 0. The van der Waals surface area contributed by atoms with E-state index in [0.29, 0.717) is 6.04 Å². The normalized spacial score (nSPS) is 17.4. The standard InChI is InChI=1S/C18H30N2O/c1-14(2)19-12-16-7-9-20(10-8-16)13-17-11-15(3)5-6-18(17)21-4/h5-6,11,14,16,19H,7-10,12-13H2,1-4H3. The molecule has 0 amide bonds. The maximum absolute atomic E-state index is 5.49. The minimum Gasteiger partial charge on any atom is -0.496 e. The molecule has 0 bridgehead atoms. The van der Waals surface area contributed by atoms with Crippen LogP contribution in [0.25, 0.3) is 0 Å².